The summed E-state index contributed by atoms with van der Waals surface area (Å²) in [4.78, 5) is 5.13. The first-order valence-corrected chi connectivity index (χ1v) is 6.03. The van der Waals surface area contributed by atoms with E-state index in [0.29, 0.717) is 5.25 Å². The highest BCUT2D eigenvalue weighted by Crippen LogP contribution is 2.33. The van der Waals surface area contributed by atoms with E-state index >= 15 is 0 Å². The number of hydrogen-bond donors (Lipinski definition) is 1. The number of nitrogens with one attached hydrogen (secondary N) is 1. The van der Waals surface area contributed by atoms with Crippen LogP contribution in [0, 0.1) is 0 Å². The molecule has 5 heteroatoms. The van der Waals surface area contributed by atoms with Crippen LogP contribution in [0.5, 0.6) is 0 Å². The Morgan fingerprint density at radius 3 is 3.14 bits per heavy atom. The maximum atomic E-state index is 4.36. The number of rotatable bonds is 1. The largest absolute Gasteiger partial charge is 0.333 e. The molecule has 1 aliphatic heterocycles. The van der Waals surface area contributed by atoms with Crippen LogP contribution in [0.25, 0.3) is 0 Å². The van der Waals surface area contributed by atoms with Crippen molar-refractivity contribution in [2.24, 2.45) is 4.40 Å². The minimum Gasteiger partial charge on any atom is -0.333 e. The van der Waals surface area contributed by atoms with Gasteiger partial charge in [0.1, 0.15) is 0 Å². The second-order valence-electron chi connectivity index (χ2n) is 3.15. The van der Waals surface area contributed by atoms with Crippen molar-refractivity contribution in [3.8, 4) is 0 Å². The lowest BCUT2D eigenvalue weighted by molar-refractivity contribution is 1.12. The number of hydrogen-bond acceptors (Lipinski definition) is 5. The van der Waals surface area contributed by atoms with E-state index in [0.717, 1.165) is 15.8 Å². The minimum atomic E-state index is 0.547. The van der Waals surface area contributed by atoms with Crippen LogP contribution in [0.4, 0.5) is 5.69 Å². The van der Waals surface area contributed by atoms with Crippen molar-refractivity contribution in [1.29, 1.82) is 0 Å². The Balaban J connectivity index is 2.13. The van der Waals surface area contributed by atoms with Gasteiger partial charge in [0.15, 0.2) is 5.17 Å². The molecule has 0 atom stereocenters. The van der Waals surface area contributed by atoms with Gasteiger partial charge in [-0.3, -0.25) is 4.98 Å². The Labute approximate surface area is 91.9 Å². The van der Waals surface area contributed by atoms with Gasteiger partial charge in [0, 0.05) is 29.6 Å². The van der Waals surface area contributed by atoms with E-state index in [1.54, 1.807) is 18.0 Å². The van der Waals surface area contributed by atoms with Crippen LogP contribution in [-0.2, 0) is 0 Å². The summed E-state index contributed by atoms with van der Waals surface area (Å²) in [6.07, 6.45) is 3.61. The fourth-order valence-electron chi connectivity index (χ4n) is 1.06. The van der Waals surface area contributed by atoms with Gasteiger partial charge >= 0.3 is 0 Å². The van der Waals surface area contributed by atoms with Crippen molar-refractivity contribution in [2.45, 2.75) is 24.0 Å². The molecule has 0 bridgehead atoms. The van der Waals surface area contributed by atoms with E-state index < -0.39 is 0 Å². The van der Waals surface area contributed by atoms with Crippen LogP contribution in [-0.4, -0.2) is 15.4 Å². The minimum absolute atomic E-state index is 0.547. The summed E-state index contributed by atoms with van der Waals surface area (Å²) in [6.45, 7) is 4.31. The normalized spacial score (nSPS) is 14.6. The second-order valence-corrected chi connectivity index (χ2v) is 5.52. The predicted molar refractivity (Wildman–Crippen MR) is 63.9 cm³/mol. The third-order valence-electron chi connectivity index (χ3n) is 1.60. The summed E-state index contributed by atoms with van der Waals surface area (Å²) >= 11 is 3.22. The van der Waals surface area contributed by atoms with Crippen molar-refractivity contribution in [1.82, 2.24) is 4.98 Å². The monoisotopic (exact) mass is 225 g/mol. The molecule has 0 amide bonds. The van der Waals surface area contributed by atoms with E-state index in [9.17, 15) is 0 Å². The van der Waals surface area contributed by atoms with Gasteiger partial charge in [-0.1, -0.05) is 25.6 Å². The highest BCUT2D eigenvalue weighted by molar-refractivity contribution is 8.15. The van der Waals surface area contributed by atoms with E-state index in [2.05, 4.69) is 28.5 Å². The quantitative estimate of drug-likeness (QED) is 0.745. The first-order valence-electron chi connectivity index (χ1n) is 4.38. The average Bonchev–Trinajstić information content (AvgIpc) is 2.17. The van der Waals surface area contributed by atoms with E-state index in [4.69, 9.17) is 0 Å². The Hall–Kier alpha value is -0.680. The summed E-state index contributed by atoms with van der Waals surface area (Å²) in [5.74, 6) is 0. The van der Waals surface area contributed by atoms with E-state index in [1.807, 2.05) is 12.3 Å². The zero-order valence-electron chi connectivity index (χ0n) is 8.02. The molecule has 0 unspecified atom stereocenters. The summed E-state index contributed by atoms with van der Waals surface area (Å²) in [5.41, 5.74) is 1.10. The lowest BCUT2D eigenvalue weighted by Crippen LogP contribution is -2.13. The van der Waals surface area contributed by atoms with Crippen LogP contribution >= 0.6 is 23.7 Å². The standard InChI is InChI=1S/C9H11N3S2/c1-6(2)13-9-11-7-3-4-10-5-8(7)14-12-9/h3-6H,1-2H3,(H,11,12). The van der Waals surface area contributed by atoms with E-state index in [-0.39, 0.29) is 0 Å². The molecule has 0 saturated carbocycles. The molecule has 2 heterocycles. The van der Waals surface area contributed by atoms with Gasteiger partial charge in [0.05, 0.1) is 10.6 Å². The number of amidine groups is 1. The Bertz CT molecular complexity index is 363. The molecule has 0 aromatic carbocycles. The lowest BCUT2D eigenvalue weighted by Gasteiger charge is -2.17. The lowest BCUT2D eigenvalue weighted by atomic mass is 10.4. The summed E-state index contributed by atoms with van der Waals surface area (Å²) in [5, 5.41) is 4.80. The smallest absolute Gasteiger partial charge is 0.173 e. The zero-order valence-corrected chi connectivity index (χ0v) is 9.65. The summed E-state index contributed by atoms with van der Waals surface area (Å²) < 4.78 is 4.36. The number of thioether (sulfide) groups is 1. The van der Waals surface area contributed by atoms with Crippen LogP contribution in [0.15, 0.2) is 27.8 Å². The third-order valence-corrected chi connectivity index (χ3v) is 3.40. The molecule has 1 aliphatic rings. The van der Waals surface area contributed by atoms with Crippen LogP contribution in [0.1, 0.15) is 13.8 Å². The molecule has 14 heavy (non-hydrogen) atoms. The molecule has 0 spiro atoms. The topological polar surface area (TPSA) is 37.3 Å². The van der Waals surface area contributed by atoms with Crippen molar-refractivity contribution in [3.05, 3.63) is 18.5 Å². The molecule has 0 radical (unpaired) electrons. The molecule has 1 N–H and O–H groups in total. The van der Waals surface area contributed by atoms with Crippen molar-refractivity contribution < 1.29 is 0 Å². The van der Waals surface area contributed by atoms with Crippen LogP contribution < -0.4 is 5.32 Å². The fraction of sp³-hybridized carbons (Fsp3) is 0.333. The first kappa shape index (κ1) is 9.86. The Morgan fingerprint density at radius 1 is 1.50 bits per heavy atom. The SMILES string of the molecule is CC(C)SC1=NSc2cnccc2N1. The van der Waals surface area contributed by atoms with Gasteiger partial charge in [0.2, 0.25) is 0 Å². The van der Waals surface area contributed by atoms with Gasteiger partial charge in [-0.05, 0) is 6.07 Å². The molecule has 0 saturated heterocycles. The van der Waals surface area contributed by atoms with Crippen molar-refractivity contribution in [3.63, 3.8) is 0 Å². The molecule has 74 valence electrons. The Kier molecular flexibility index (Phi) is 2.98. The van der Waals surface area contributed by atoms with Gasteiger partial charge < -0.3 is 5.32 Å². The van der Waals surface area contributed by atoms with Crippen molar-refractivity contribution >= 4 is 34.6 Å². The molecular formula is C9H11N3S2. The number of anilines is 1. The second kappa shape index (κ2) is 4.23. The van der Waals surface area contributed by atoms with Gasteiger partial charge in [-0.15, -0.1) is 0 Å². The number of pyridine rings is 1. The Morgan fingerprint density at radius 2 is 2.36 bits per heavy atom. The van der Waals surface area contributed by atoms with Crippen LogP contribution in [0.2, 0.25) is 0 Å². The number of fused-ring (bicyclic) bond motifs is 1. The number of nitrogens with zero attached hydrogens (tertiary/aromatic N) is 2. The molecule has 2 rings (SSSR count). The molecule has 3 nitrogen and oxygen atoms in total. The average molecular weight is 225 g/mol. The summed E-state index contributed by atoms with van der Waals surface area (Å²) in [6, 6.07) is 1.97. The maximum absolute atomic E-state index is 4.36. The van der Waals surface area contributed by atoms with Gasteiger partial charge in [-0.2, -0.15) is 4.40 Å². The predicted octanol–water partition coefficient (Wildman–Crippen LogP) is 3.01. The highest BCUT2D eigenvalue weighted by atomic mass is 32.2. The zero-order chi connectivity index (χ0) is 9.97. The van der Waals surface area contributed by atoms with Gasteiger partial charge in [-0.25, -0.2) is 0 Å². The third kappa shape index (κ3) is 2.22. The first-order chi connectivity index (χ1) is 6.75. The molecule has 0 aliphatic carbocycles. The van der Waals surface area contributed by atoms with E-state index in [1.165, 1.54) is 11.9 Å². The van der Waals surface area contributed by atoms with Crippen molar-refractivity contribution in [2.75, 3.05) is 5.32 Å². The summed E-state index contributed by atoms with van der Waals surface area (Å²) in [7, 11) is 0. The van der Waals surface area contributed by atoms with Crippen LogP contribution in [0.3, 0.4) is 0 Å². The maximum Gasteiger partial charge on any atom is 0.173 e. The number of aromatic nitrogens is 1. The molecular weight excluding hydrogens is 214 g/mol. The fourth-order valence-corrected chi connectivity index (χ4v) is 2.51. The highest BCUT2D eigenvalue weighted by Gasteiger charge is 2.13. The molecule has 1 aromatic heterocycles. The van der Waals surface area contributed by atoms with Gasteiger partial charge in [0.25, 0.3) is 0 Å². The molecule has 1 aromatic rings. The molecule has 0 fully saturated rings.